The third kappa shape index (κ3) is 1.98. The summed E-state index contributed by atoms with van der Waals surface area (Å²) < 4.78 is 24.7. The molecule has 4 nitrogen and oxygen atoms in total. The molecule has 1 aromatic heterocycles. The van der Waals surface area contributed by atoms with Crippen LogP contribution in [0, 0.1) is 0 Å². The summed E-state index contributed by atoms with van der Waals surface area (Å²) in [6, 6.07) is 0.964. The largest absolute Gasteiger partial charge is 0.366 e. The zero-order chi connectivity index (χ0) is 10.9. The van der Waals surface area contributed by atoms with Crippen molar-refractivity contribution in [2.75, 3.05) is 0 Å². The number of alkyl halides is 2. The van der Waals surface area contributed by atoms with Crippen LogP contribution in [-0.2, 0) is 0 Å². The van der Waals surface area contributed by atoms with E-state index in [0.717, 1.165) is 6.07 Å². The molecule has 0 spiro atoms. The number of carbonyl (C=O) groups is 1. The van der Waals surface area contributed by atoms with Crippen LogP contribution in [0.4, 0.5) is 8.78 Å². The fourth-order valence-corrected chi connectivity index (χ4v) is 1.58. The van der Waals surface area contributed by atoms with Gasteiger partial charge in [0.2, 0.25) is 5.56 Å². The third-order valence-corrected chi connectivity index (χ3v) is 2.11. The molecular formula is C7H5BrF2N2O2. The van der Waals surface area contributed by atoms with Crippen molar-refractivity contribution < 1.29 is 13.6 Å². The van der Waals surface area contributed by atoms with E-state index < -0.39 is 29.1 Å². The summed E-state index contributed by atoms with van der Waals surface area (Å²) in [7, 11) is 0. The lowest BCUT2D eigenvalue weighted by Crippen LogP contribution is -2.20. The molecule has 0 radical (unpaired) electrons. The number of aromatic nitrogens is 1. The van der Waals surface area contributed by atoms with Crippen LogP contribution in [0.3, 0.4) is 0 Å². The van der Waals surface area contributed by atoms with Crippen molar-refractivity contribution in [1.29, 1.82) is 0 Å². The monoisotopic (exact) mass is 266 g/mol. The van der Waals surface area contributed by atoms with Crippen LogP contribution in [-0.4, -0.2) is 10.9 Å². The summed E-state index contributed by atoms with van der Waals surface area (Å²) >= 11 is 2.81. The molecule has 1 aromatic rings. The second kappa shape index (κ2) is 3.87. The zero-order valence-corrected chi connectivity index (χ0v) is 8.27. The van der Waals surface area contributed by atoms with E-state index in [2.05, 4.69) is 15.9 Å². The minimum Gasteiger partial charge on any atom is -0.366 e. The van der Waals surface area contributed by atoms with E-state index in [1.54, 1.807) is 0 Å². The molecule has 0 fully saturated rings. The Balaban J connectivity index is 3.52. The molecule has 0 bridgehead atoms. The van der Waals surface area contributed by atoms with E-state index in [0.29, 0.717) is 0 Å². The zero-order valence-electron chi connectivity index (χ0n) is 6.68. The Morgan fingerprint density at radius 1 is 1.57 bits per heavy atom. The van der Waals surface area contributed by atoms with Gasteiger partial charge in [0.1, 0.15) is 0 Å². The lowest BCUT2D eigenvalue weighted by Gasteiger charge is -2.06. The van der Waals surface area contributed by atoms with Gasteiger partial charge in [-0.25, -0.2) is 8.78 Å². The molecule has 7 heteroatoms. The normalized spacial score (nSPS) is 10.6. The molecule has 0 aliphatic rings. The Hall–Kier alpha value is -1.24. The van der Waals surface area contributed by atoms with Crippen molar-refractivity contribution in [3.8, 4) is 0 Å². The molecule has 0 saturated carbocycles. The summed E-state index contributed by atoms with van der Waals surface area (Å²) in [5.74, 6) is -1.02. The van der Waals surface area contributed by atoms with E-state index in [4.69, 9.17) is 5.73 Å². The smallest absolute Gasteiger partial charge is 0.279 e. The Labute approximate surface area is 85.2 Å². The highest BCUT2D eigenvalue weighted by Crippen LogP contribution is 2.24. The molecule has 1 rings (SSSR count). The lowest BCUT2D eigenvalue weighted by molar-refractivity contribution is 0.0981. The maximum atomic E-state index is 12.3. The molecular weight excluding hydrogens is 262 g/mol. The first-order valence-electron chi connectivity index (χ1n) is 3.44. The summed E-state index contributed by atoms with van der Waals surface area (Å²) in [5.41, 5.74) is 2.98. The maximum absolute atomic E-state index is 12.3. The minimum absolute atomic E-state index is 0.0379. The van der Waals surface area contributed by atoms with Crippen molar-refractivity contribution >= 4 is 21.8 Å². The Kier molecular flexibility index (Phi) is 3.00. The topological polar surface area (TPSA) is 76.0 Å². The fraction of sp³-hybridized carbons (Fsp3) is 0.143. The van der Waals surface area contributed by atoms with Gasteiger partial charge in [-0.05, 0) is 15.9 Å². The second-order valence-corrected chi connectivity index (χ2v) is 3.29. The number of halogens is 3. The van der Waals surface area contributed by atoms with Gasteiger partial charge in [-0.2, -0.15) is 0 Å². The summed E-state index contributed by atoms with van der Waals surface area (Å²) in [6.45, 7) is 0. The minimum atomic E-state index is -2.96. The highest BCUT2D eigenvalue weighted by atomic mass is 79.9. The van der Waals surface area contributed by atoms with E-state index in [-0.39, 0.29) is 4.47 Å². The number of pyridine rings is 1. The van der Waals surface area contributed by atoms with Crippen LogP contribution in [0.25, 0.3) is 0 Å². The Morgan fingerprint density at radius 3 is 2.57 bits per heavy atom. The molecule has 0 aromatic carbocycles. The molecule has 14 heavy (non-hydrogen) atoms. The SMILES string of the molecule is NC(=O)c1c(Br)cc(=O)[nH]c1C(F)F. The number of aromatic amines is 1. The Bertz CT molecular complexity index is 430. The van der Waals surface area contributed by atoms with Gasteiger partial charge in [-0.1, -0.05) is 0 Å². The van der Waals surface area contributed by atoms with Gasteiger partial charge >= 0.3 is 0 Å². The first-order valence-corrected chi connectivity index (χ1v) is 4.23. The van der Waals surface area contributed by atoms with Gasteiger partial charge in [0, 0.05) is 10.5 Å². The van der Waals surface area contributed by atoms with Crippen LogP contribution in [0.15, 0.2) is 15.3 Å². The third-order valence-electron chi connectivity index (χ3n) is 1.49. The molecule has 0 atom stereocenters. The maximum Gasteiger partial charge on any atom is 0.279 e. The number of primary amides is 1. The lowest BCUT2D eigenvalue weighted by atomic mass is 10.2. The number of amides is 1. The van der Waals surface area contributed by atoms with Gasteiger partial charge in [0.05, 0.1) is 11.3 Å². The molecule has 0 unspecified atom stereocenters. The standard InChI is InChI=1S/C7H5BrF2N2O2/c8-2-1-3(13)12-5(6(9)10)4(2)7(11)14/h1,6H,(H2,11,14)(H,12,13). The van der Waals surface area contributed by atoms with E-state index >= 15 is 0 Å². The van der Waals surface area contributed by atoms with Gasteiger partial charge in [-0.3, -0.25) is 9.59 Å². The fourth-order valence-electron chi connectivity index (χ4n) is 0.961. The quantitative estimate of drug-likeness (QED) is 0.843. The predicted molar refractivity (Wildman–Crippen MR) is 48.2 cm³/mol. The number of carbonyl (C=O) groups excluding carboxylic acids is 1. The summed E-state index contributed by atoms with van der Waals surface area (Å²) in [4.78, 5) is 23.5. The van der Waals surface area contributed by atoms with E-state index in [1.807, 2.05) is 4.98 Å². The molecule has 0 aliphatic carbocycles. The first-order chi connectivity index (χ1) is 6.43. The van der Waals surface area contributed by atoms with Crippen LogP contribution < -0.4 is 11.3 Å². The highest BCUT2D eigenvalue weighted by Gasteiger charge is 2.20. The number of nitrogens with one attached hydrogen (secondary N) is 1. The van der Waals surface area contributed by atoms with Gasteiger partial charge in [-0.15, -0.1) is 0 Å². The van der Waals surface area contributed by atoms with Crippen molar-refractivity contribution in [3.63, 3.8) is 0 Å². The predicted octanol–water partition coefficient (Wildman–Crippen LogP) is 1.17. The average molecular weight is 267 g/mol. The molecule has 3 N–H and O–H groups in total. The molecule has 76 valence electrons. The van der Waals surface area contributed by atoms with Crippen LogP contribution in [0.2, 0.25) is 0 Å². The summed E-state index contributed by atoms with van der Waals surface area (Å²) in [5, 5.41) is 0. The van der Waals surface area contributed by atoms with Crippen molar-refractivity contribution in [2.24, 2.45) is 5.73 Å². The number of H-pyrrole nitrogens is 1. The average Bonchev–Trinajstić information content (AvgIpc) is 2.01. The highest BCUT2D eigenvalue weighted by molar-refractivity contribution is 9.10. The van der Waals surface area contributed by atoms with Crippen LogP contribution in [0.5, 0.6) is 0 Å². The number of hydrogen-bond acceptors (Lipinski definition) is 2. The molecule has 1 amide bonds. The number of rotatable bonds is 2. The second-order valence-electron chi connectivity index (χ2n) is 2.44. The number of hydrogen-bond donors (Lipinski definition) is 2. The Morgan fingerprint density at radius 2 is 2.14 bits per heavy atom. The van der Waals surface area contributed by atoms with Crippen LogP contribution in [0.1, 0.15) is 22.5 Å². The first kappa shape index (κ1) is 10.8. The van der Waals surface area contributed by atoms with E-state index in [1.165, 1.54) is 0 Å². The molecule has 0 saturated heterocycles. The number of nitrogens with two attached hydrogens (primary N) is 1. The van der Waals surface area contributed by atoms with Crippen molar-refractivity contribution in [2.45, 2.75) is 6.43 Å². The van der Waals surface area contributed by atoms with Crippen molar-refractivity contribution in [1.82, 2.24) is 4.98 Å². The summed E-state index contributed by atoms with van der Waals surface area (Å²) in [6.07, 6.45) is -2.96. The van der Waals surface area contributed by atoms with Gasteiger partial charge in [0.15, 0.2) is 0 Å². The molecule has 1 heterocycles. The molecule has 0 aliphatic heterocycles. The van der Waals surface area contributed by atoms with Gasteiger partial charge in [0.25, 0.3) is 12.3 Å². The van der Waals surface area contributed by atoms with E-state index in [9.17, 15) is 18.4 Å². The van der Waals surface area contributed by atoms with Crippen LogP contribution >= 0.6 is 15.9 Å². The van der Waals surface area contributed by atoms with Crippen molar-refractivity contribution in [3.05, 3.63) is 32.2 Å². The van der Waals surface area contributed by atoms with Gasteiger partial charge < -0.3 is 10.7 Å².